The predicted molar refractivity (Wildman–Crippen MR) is 59.4 cm³/mol. The zero-order valence-corrected chi connectivity index (χ0v) is 9.92. The molecule has 0 aromatic heterocycles. The Balaban J connectivity index is 4.11. The molecule has 4 heteroatoms. The van der Waals surface area contributed by atoms with Gasteiger partial charge in [0.2, 0.25) is 0 Å². The SMILES string of the molecule is C=CCOP(N)N(C(C)C)C(C)C. The van der Waals surface area contributed by atoms with Gasteiger partial charge in [0.1, 0.15) is 0 Å². The molecule has 0 rings (SSSR count). The van der Waals surface area contributed by atoms with E-state index in [4.69, 9.17) is 10.0 Å². The molecular formula is C9H21N2OP. The maximum Gasteiger partial charge on any atom is 0.183 e. The molecule has 0 spiro atoms. The molecule has 0 aromatic rings. The Labute approximate surface area is 82.9 Å². The summed E-state index contributed by atoms with van der Waals surface area (Å²) in [6.45, 7) is 12.6. The van der Waals surface area contributed by atoms with E-state index in [0.717, 1.165) is 0 Å². The van der Waals surface area contributed by atoms with E-state index >= 15 is 0 Å². The Kier molecular flexibility index (Phi) is 6.52. The highest BCUT2D eigenvalue weighted by Gasteiger charge is 2.21. The van der Waals surface area contributed by atoms with Crippen LogP contribution in [0.5, 0.6) is 0 Å². The summed E-state index contributed by atoms with van der Waals surface area (Å²) in [5, 5.41) is 0. The van der Waals surface area contributed by atoms with Gasteiger partial charge in [0.15, 0.2) is 8.45 Å². The van der Waals surface area contributed by atoms with Crippen molar-refractivity contribution in [3.63, 3.8) is 0 Å². The van der Waals surface area contributed by atoms with Crippen LogP contribution >= 0.6 is 8.45 Å². The van der Waals surface area contributed by atoms with Crippen LogP contribution in [0.2, 0.25) is 0 Å². The van der Waals surface area contributed by atoms with Crippen molar-refractivity contribution in [1.29, 1.82) is 0 Å². The minimum Gasteiger partial charge on any atom is -0.327 e. The van der Waals surface area contributed by atoms with Gasteiger partial charge >= 0.3 is 0 Å². The molecule has 0 fully saturated rings. The molecule has 0 aliphatic heterocycles. The van der Waals surface area contributed by atoms with E-state index in [9.17, 15) is 0 Å². The lowest BCUT2D eigenvalue weighted by atomic mass is 10.3. The molecule has 0 aliphatic carbocycles. The van der Waals surface area contributed by atoms with Gasteiger partial charge in [-0.15, -0.1) is 6.58 Å². The summed E-state index contributed by atoms with van der Waals surface area (Å²) in [6.07, 6.45) is 1.72. The summed E-state index contributed by atoms with van der Waals surface area (Å²) in [7, 11) is -0.967. The van der Waals surface area contributed by atoms with Gasteiger partial charge < -0.3 is 4.52 Å². The summed E-state index contributed by atoms with van der Waals surface area (Å²) in [5.74, 6) is 0. The van der Waals surface area contributed by atoms with Crippen molar-refractivity contribution in [3.05, 3.63) is 12.7 Å². The van der Waals surface area contributed by atoms with Gasteiger partial charge in [-0.25, -0.2) is 4.67 Å². The van der Waals surface area contributed by atoms with Gasteiger partial charge in [-0.3, -0.25) is 5.50 Å². The van der Waals surface area contributed by atoms with E-state index < -0.39 is 8.45 Å². The fourth-order valence-corrected chi connectivity index (χ4v) is 2.55. The van der Waals surface area contributed by atoms with Crippen molar-refractivity contribution >= 4 is 8.45 Å². The Morgan fingerprint density at radius 1 is 1.38 bits per heavy atom. The number of nitrogens with zero attached hydrogens (tertiary/aromatic N) is 1. The zero-order chi connectivity index (χ0) is 10.4. The first-order chi connectivity index (χ1) is 6.00. The Bertz CT molecular complexity index is 143. The molecule has 1 atom stereocenters. The number of nitrogens with two attached hydrogens (primary N) is 1. The van der Waals surface area contributed by atoms with Crippen LogP contribution in [0.1, 0.15) is 27.7 Å². The van der Waals surface area contributed by atoms with Crippen LogP contribution in [0.15, 0.2) is 12.7 Å². The molecule has 78 valence electrons. The maximum atomic E-state index is 5.93. The van der Waals surface area contributed by atoms with E-state index in [1.165, 1.54) is 0 Å². The first-order valence-electron chi connectivity index (χ1n) is 4.57. The van der Waals surface area contributed by atoms with Gasteiger partial charge in [0.05, 0.1) is 6.61 Å². The Morgan fingerprint density at radius 3 is 2.15 bits per heavy atom. The van der Waals surface area contributed by atoms with Crippen molar-refractivity contribution in [2.75, 3.05) is 6.61 Å². The van der Waals surface area contributed by atoms with E-state index in [1.54, 1.807) is 6.08 Å². The van der Waals surface area contributed by atoms with Crippen molar-refractivity contribution < 1.29 is 4.52 Å². The van der Waals surface area contributed by atoms with Crippen LogP contribution in [0.25, 0.3) is 0 Å². The van der Waals surface area contributed by atoms with Gasteiger partial charge in [-0.05, 0) is 27.7 Å². The molecule has 0 aliphatic rings. The minimum absolute atomic E-state index is 0.418. The van der Waals surface area contributed by atoms with Crippen molar-refractivity contribution in [2.24, 2.45) is 5.50 Å². The van der Waals surface area contributed by atoms with Crippen LogP contribution in [-0.4, -0.2) is 23.4 Å². The highest BCUT2D eigenvalue weighted by atomic mass is 31.2. The highest BCUT2D eigenvalue weighted by molar-refractivity contribution is 7.47. The van der Waals surface area contributed by atoms with Crippen molar-refractivity contribution in [1.82, 2.24) is 4.67 Å². The fraction of sp³-hybridized carbons (Fsp3) is 0.778. The molecule has 13 heavy (non-hydrogen) atoms. The quantitative estimate of drug-likeness (QED) is 0.533. The second-order valence-corrected chi connectivity index (χ2v) is 4.78. The smallest absolute Gasteiger partial charge is 0.183 e. The largest absolute Gasteiger partial charge is 0.327 e. The third-order valence-corrected chi connectivity index (χ3v) is 3.40. The van der Waals surface area contributed by atoms with Crippen LogP contribution in [0, 0.1) is 0 Å². The average molecular weight is 204 g/mol. The van der Waals surface area contributed by atoms with E-state index in [1.807, 2.05) is 0 Å². The normalized spacial score (nSPS) is 14.2. The third kappa shape index (κ3) is 4.72. The van der Waals surface area contributed by atoms with E-state index in [2.05, 4.69) is 38.9 Å². The fourth-order valence-electron chi connectivity index (χ4n) is 1.25. The summed E-state index contributed by atoms with van der Waals surface area (Å²) in [4.78, 5) is 0. The van der Waals surface area contributed by atoms with Gasteiger partial charge in [0.25, 0.3) is 0 Å². The number of hydrogen-bond acceptors (Lipinski definition) is 3. The molecule has 2 N–H and O–H groups in total. The minimum atomic E-state index is -0.967. The Hall–Kier alpha value is 0.0500. The standard InChI is InChI=1S/C9H21N2OP/c1-6-7-12-13(10)11(8(2)3)9(4)5/h6,8-9H,1,7,10H2,2-5H3. The summed E-state index contributed by atoms with van der Waals surface area (Å²) < 4.78 is 7.61. The molecule has 0 amide bonds. The molecular weight excluding hydrogens is 183 g/mol. The lowest BCUT2D eigenvalue weighted by Crippen LogP contribution is -2.35. The van der Waals surface area contributed by atoms with Gasteiger partial charge in [-0.2, -0.15) is 0 Å². The summed E-state index contributed by atoms with van der Waals surface area (Å²) >= 11 is 0. The van der Waals surface area contributed by atoms with Crippen LogP contribution in [0.3, 0.4) is 0 Å². The monoisotopic (exact) mass is 204 g/mol. The lowest BCUT2D eigenvalue weighted by molar-refractivity contribution is 0.268. The molecule has 0 bridgehead atoms. The topological polar surface area (TPSA) is 38.5 Å². The van der Waals surface area contributed by atoms with Gasteiger partial charge in [0, 0.05) is 12.1 Å². The highest BCUT2D eigenvalue weighted by Crippen LogP contribution is 2.36. The first kappa shape index (κ1) is 13.1. The first-order valence-corrected chi connectivity index (χ1v) is 5.85. The summed E-state index contributed by atoms with van der Waals surface area (Å²) in [5.41, 5.74) is 5.93. The molecule has 0 heterocycles. The number of hydrogen-bond donors (Lipinski definition) is 1. The predicted octanol–water partition coefficient (Wildman–Crippen LogP) is 2.49. The van der Waals surface area contributed by atoms with E-state index in [0.29, 0.717) is 18.7 Å². The summed E-state index contributed by atoms with van der Waals surface area (Å²) in [6, 6.07) is 0.835. The molecule has 0 radical (unpaired) electrons. The van der Waals surface area contributed by atoms with Crippen molar-refractivity contribution in [2.45, 2.75) is 39.8 Å². The molecule has 0 aromatic carbocycles. The van der Waals surface area contributed by atoms with Crippen LogP contribution in [0.4, 0.5) is 0 Å². The second kappa shape index (κ2) is 6.50. The van der Waals surface area contributed by atoms with Gasteiger partial charge in [-0.1, -0.05) is 6.08 Å². The molecule has 0 saturated carbocycles. The van der Waals surface area contributed by atoms with E-state index in [-0.39, 0.29) is 0 Å². The van der Waals surface area contributed by atoms with Crippen LogP contribution in [-0.2, 0) is 4.52 Å². The molecule has 3 nitrogen and oxygen atoms in total. The number of rotatable bonds is 6. The third-order valence-electron chi connectivity index (χ3n) is 1.61. The van der Waals surface area contributed by atoms with Crippen molar-refractivity contribution in [3.8, 4) is 0 Å². The molecule has 0 saturated heterocycles. The zero-order valence-electron chi connectivity index (χ0n) is 9.03. The molecule has 1 unspecified atom stereocenters. The maximum absolute atomic E-state index is 5.93. The van der Waals surface area contributed by atoms with Crippen LogP contribution < -0.4 is 5.50 Å². The second-order valence-electron chi connectivity index (χ2n) is 3.45. The average Bonchev–Trinajstić information content (AvgIpc) is 1.99. The lowest BCUT2D eigenvalue weighted by Gasteiger charge is -2.33. The Morgan fingerprint density at radius 2 is 1.85 bits per heavy atom.